The van der Waals surface area contributed by atoms with Gasteiger partial charge in [0.15, 0.2) is 0 Å². The highest BCUT2D eigenvalue weighted by atomic mass is 19.4. The van der Waals surface area contributed by atoms with Crippen LogP contribution >= 0.6 is 0 Å². The predicted octanol–water partition coefficient (Wildman–Crippen LogP) is 3.29. The molecule has 0 spiro atoms. The van der Waals surface area contributed by atoms with Gasteiger partial charge in [-0.3, -0.25) is 14.7 Å². The number of nitrogens with zero attached hydrogens (tertiary/aromatic N) is 3. The van der Waals surface area contributed by atoms with Crippen LogP contribution in [0.1, 0.15) is 16.8 Å². The van der Waals surface area contributed by atoms with Gasteiger partial charge in [-0.15, -0.1) is 13.2 Å². The van der Waals surface area contributed by atoms with E-state index in [0.29, 0.717) is 47.7 Å². The molecule has 9 heteroatoms. The maximum absolute atomic E-state index is 12.7. The molecule has 1 aliphatic rings. The summed E-state index contributed by atoms with van der Waals surface area (Å²) >= 11 is 0. The summed E-state index contributed by atoms with van der Waals surface area (Å²) < 4.78 is 42.1. The van der Waals surface area contributed by atoms with Gasteiger partial charge in [0.25, 0.3) is 5.56 Å². The van der Waals surface area contributed by atoms with E-state index in [1.807, 2.05) is 4.90 Å². The minimum absolute atomic E-state index is 0.200. The average molecular weight is 402 g/mol. The molecule has 150 valence electrons. The number of halogens is 3. The molecule has 1 aliphatic heterocycles. The summed E-state index contributed by atoms with van der Waals surface area (Å²) in [6.45, 7) is 1.14. The van der Waals surface area contributed by atoms with Gasteiger partial charge in [0, 0.05) is 48.7 Å². The van der Waals surface area contributed by atoms with E-state index in [2.05, 4.69) is 19.7 Å². The Hall–Kier alpha value is -3.20. The second-order valence-corrected chi connectivity index (χ2v) is 6.70. The molecule has 4 rings (SSSR count). The highest BCUT2D eigenvalue weighted by molar-refractivity contribution is 5.53. The van der Waals surface area contributed by atoms with Gasteiger partial charge in [0.05, 0.1) is 5.69 Å². The molecule has 0 saturated carbocycles. The van der Waals surface area contributed by atoms with Crippen molar-refractivity contribution in [2.75, 3.05) is 6.54 Å². The zero-order valence-electron chi connectivity index (χ0n) is 15.2. The van der Waals surface area contributed by atoms with Gasteiger partial charge >= 0.3 is 6.36 Å². The van der Waals surface area contributed by atoms with Crippen molar-refractivity contribution in [1.29, 1.82) is 0 Å². The fourth-order valence-electron chi connectivity index (χ4n) is 3.37. The van der Waals surface area contributed by atoms with E-state index in [9.17, 15) is 18.0 Å². The van der Waals surface area contributed by atoms with Crippen molar-refractivity contribution < 1.29 is 17.9 Å². The first-order chi connectivity index (χ1) is 13.9. The first kappa shape index (κ1) is 19.1. The Morgan fingerprint density at radius 2 is 2.00 bits per heavy atom. The number of aromatic nitrogens is 3. The summed E-state index contributed by atoms with van der Waals surface area (Å²) in [5.41, 5.74) is 2.13. The molecule has 0 fully saturated rings. The van der Waals surface area contributed by atoms with Crippen molar-refractivity contribution in [3.8, 4) is 17.1 Å². The Morgan fingerprint density at radius 3 is 2.76 bits per heavy atom. The van der Waals surface area contributed by atoms with Crippen LogP contribution in [0.4, 0.5) is 13.2 Å². The Kier molecular flexibility index (Phi) is 5.06. The lowest BCUT2D eigenvalue weighted by molar-refractivity contribution is -0.275. The van der Waals surface area contributed by atoms with Crippen LogP contribution in [-0.2, 0) is 19.5 Å². The molecule has 0 unspecified atom stereocenters. The van der Waals surface area contributed by atoms with Crippen LogP contribution in [0.25, 0.3) is 11.4 Å². The van der Waals surface area contributed by atoms with Crippen molar-refractivity contribution in [2.24, 2.45) is 0 Å². The Bertz CT molecular complexity index is 1070. The normalized spacial score (nSPS) is 14.4. The van der Waals surface area contributed by atoms with Crippen molar-refractivity contribution in [1.82, 2.24) is 19.9 Å². The fraction of sp³-hybridized carbons (Fsp3) is 0.250. The van der Waals surface area contributed by atoms with E-state index >= 15 is 0 Å². The molecule has 2 aromatic heterocycles. The van der Waals surface area contributed by atoms with E-state index in [1.54, 1.807) is 36.7 Å². The van der Waals surface area contributed by atoms with E-state index in [-0.39, 0.29) is 17.9 Å². The second kappa shape index (κ2) is 7.67. The van der Waals surface area contributed by atoms with Crippen LogP contribution < -0.4 is 10.3 Å². The second-order valence-electron chi connectivity index (χ2n) is 6.70. The van der Waals surface area contributed by atoms with Gasteiger partial charge in [-0.25, -0.2) is 4.98 Å². The molecule has 29 heavy (non-hydrogen) atoms. The number of rotatable bonds is 4. The highest BCUT2D eigenvalue weighted by Gasteiger charge is 2.32. The number of ether oxygens (including phenoxy) is 1. The van der Waals surface area contributed by atoms with E-state index < -0.39 is 6.36 Å². The van der Waals surface area contributed by atoms with E-state index in [1.165, 1.54) is 12.1 Å². The van der Waals surface area contributed by atoms with Crippen molar-refractivity contribution in [3.63, 3.8) is 0 Å². The topological polar surface area (TPSA) is 71.1 Å². The smallest absolute Gasteiger partial charge is 0.405 e. The molecule has 0 atom stereocenters. The van der Waals surface area contributed by atoms with Gasteiger partial charge in [0.2, 0.25) is 0 Å². The number of aromatic amines is 1. The van der Waals surface area contributed by atoms with E-state index in [0.717, 1.165) is 0 Å². The van der Waals surface area contributed by atoms with Crippen LogP contribution in [0.5, 0.6) is 5.75 Å². The predicted molar refractivity (Wildman–Crippen MR) is 99.0 cm³/mol. The lowest BCUT2D eigenvalue weighted by Gasteiger charge is -2.28. The molecule has 0 aliphatic carbocycles. The summed E-state index contributed by atoms with van der Waals surface area (Å²) in [5, 5.41) is 0. The van der Waals surface area contributed by atoms with Crippen molar-refractivity contribution in [3.05, 3.63) is 76.0 Å². The van der Waals surface area contributed by atoms with Crippen LogP contribution in [0.15, 0.2) is 53.6 Å². The fourth-order valence-corrected chi connectivity index (χ4v) is 3.37. The summed E-state index contributed by atoms with van der Waals surface area (Å²) in [5.74, 6) is 0.199. The van der Waals surface area contributed by atoms with Crippen molar-refractivity contribution >= 4 is 0 Å². The molecular weight excluding hydrogens is 385 g/mol. The monoisotopic (exact) mass is 402 g/mol. The quantitative estimate of drug-likeness (QED) is 0.725. The molecule has 0 saturated heterocycles. The van der Waals surface area contributed by atoms with Gasteiger partial charge < -0.3 is 9.72 Å². The number of fused-ring (bicyclic) bond motifs is 1. The Labute approximate surface area is 164 Å². The van der Waals surface area contributed by atoms with Gasteiger partial charge in [-0.1, -0.05) is 18.2 Å². The average Bonchev–Trinajstić information content (AvgIpc) is 2.69. The minimum atomic E-state index is -4.75. The molecule has 6 nitrogen and oxygen atoms in total. The van der Waals surface area contributed by atoms with Crippen LogP contribution in [-0.4, -0.2) is 32.8 Å². The number of para-hydroxylation sites is 1. The summed E-state index contributed by atoms with van der Waals surface area (Å²) in [6, 6.07) is 9.60. The summed E-state index contributed by atoms with van der Waals surface area (Å²) in [4.78, 5) is 25.8. The number of H-pyrrole nitrogens is 1. The first-order valence-corrected chi connectivity index (χ1v) is 8.97. The summed E-state index contributed by atoms with van der Waals surface area (Å²) in [6.07, 6.45) is -1.05. The summed E-state index contributed by atoms with van der Waals surface area (Å²) in [7, 11) is 0. The first-order valence-electron chi connectivity index (χ1n) is 8.97. The maximum Gasteiger partial charge on any atom is 0.573 e. The van der Waals surface area contributed by atoms with Crippen LogP contribution in [0.3, 0.4) is 0 Å². The van der Waals surface area contributed by atoms with Crippen LogP contribution in [0.2, 0.25) is 0 Å². The van der Waals surface area contributed by atoms with Gasteiger partial charge in [-0.05, 0) is 24.6 Å². The third kappa shape index (κ3) is 4.45. The highest BCUT2D eigenvalue weighted by Crippen LogP contribution is 2.28. The Morgan fingerprint density at radius 1 is 1.17 bits per heavy atom. The molecule has 0 bridgehead atoms. The maximum atomic E-state index is 12.7. The van der Waals surface area contributed by atoms with Crippen LogP contribution in [0, 0.1) is 0 Å². The van der Waals surface area contributed by atoms with Gasteiger partial charge in [-0.2, -0.15) is 0 Å². The van der Waals surface area contributed by atoms with Gasteiger partial charge in [0.1, 0.15) is 11.6 Å². The SMILES string of the molecule is O=c1[nH]c(-c2cccnc2)nc2c1CCN(Cc1ccccc1OC(F)(F)F)C2. The number of hydrogen-bond donors (Lipinski definition) is 1. The van der Waals surface area contributed by atoms with Crippen molar-refractivity contribution in [2.45, 2.75) is 25.9 Å². The number of hydrogen-bond acceptors (Lipinski definition) is 5. The third-order valence-corrected chi connectivity index (χ3v) is 4.68. The number of nitrogens with one attached hydrogen (secondary N) is 1. The number of alkyl halides is 3. The Balaban J connectivity index is 1.58. The molecule has 0 amide bonds. The zero-order valence-corrected chi connectivity index (χ0v) is 15.2. The molecular formula is C20H17F3N4O2. The van der Waals surface area contributed by atoms with E-state index in [4.69, 9.17) is 0 Å². The number of benzene rings is 1. The molecule has 3 heterocycles. The zero-order chi connectivity index (χ0) is 20.4. The molecule has 0 radical (unpaired) electrons. The lowest BCUT2D eigenvalue weighted by Crippen LogP contribution is -2.35. The molecule has 1 aromatic carbocycles. The molecule has 1 N–H and O–H groups in total. The third-order valence-electron chi connectivity index (χ3n) is 4.68. The molecule has 3 aromatic rings. The minimum Gasteiger partial charge on any atom is -0.405 e. The standard InChI is InChI=1S/C20H17F3N4O2/c21-20(22,23)29-17-6-2-1-4-14(17)11-27-9-7-15-16(12-27)25-18(26-19(15)28)13-5-3-8-24-10-13/h1-6,8,10H,7,9,11-12H2,(H,25,26,28). The largest absolute Gasteiger partial charge is 0.573 e. The number of pyridine rings is 1. The lowest BCUT2D eigenvalue weighted by atomic mass is 10.0.